The number of fused-ring (bicyclic) bond motifs is 1. The molecule has 0 saturated carbocycles. The van der Waals surface area contributed by atoms with Crippen molar-refractivity contribution in [1.29, 1.82) is 0 Å². The van der Waals surface area contributed by atoms with Crippen LogP contribution in [0.25, 0.3) is 11.2 Å². The van der Waals surface area contributed by atoms with Gasteiger partial charge in [0.25, 0.3) is 17.5 Å². The highest BCUT2D eigenvalue weighted by Crippen LogP contribution is 2.36. The van der Waals surface area contributed by atoms with Crippen molar-refractivity contribution in [3.05, 3.63) is 75.2 Å². The van der Waals surface area contributed by atoms with Crippen molar-refractivity contribution < 1.29 is 33.6 Å². The van der Waals surface area contributed by atoms with Gasteiger partial charge in [-0.15, -0.1) is 0 Å². The Morgan fingerprint density at radius 1 is 1.02 bits per heavy atom. The molecule has 0 atom stereocenters. The SMILES string of the molecule is CCn1nc(C)cc1C(=O)Nc1nc2nc(C(N)=O)ccc2n1C/C=C/CNc1c(OCCCN2CCN(C(=O)OC(C)(C)C)CC2)cc(C(N)=O)cc1[N+](=O)[O-]. The van der Waals surface area contributed by atoms with Crippen molar-refractivity contribution in [2.75, 3.05) is 56.5 Å². The number of carbonyl (C=O) groups is 4. The molecule has 6 N–H and O–H groups in total. The lowest BCUT2D eigenvalue weighted by Crippen LogP contribution is -2.50. The molecule has 0 spiro atoms. The van der Waals surface area contributed by atoms with Crippen LogP contribution in [0.2, 0.25) is 0 Å². The summed E-state index contributed by atoms with van der Waals surface area (Å²) in [6.45, 7) is 13.1. The second kappa shape index (κ2) is 17.9. The number of imidazole rings is 1. The molecule has 4 heterocycles. The number of benzene rings is 1. The molecule has 1 aliphatic rings. The minimum absolute atomic E-state index is 0.00422. The van der Waals surface area contributed by atoms with Crippen LogP contribution in [0, 0.1) is 17.0 Å². The van der Waals surface area contributed by atoms with E-state index < -0.39 is 33.9 Å². The lowest BCUT2D eigenvalue weighted by Gasteiger charge is -2.35. The standard InChI is InChI=1S/C37H48N12O8/c1-6-48-28(20-23(2)44-48)34(52)43-35-42-33-26(11-10-25(41-33)32(39)51)47(35)14-8-7-12-40-30-27(49(54)55)21-24(31(38)50)22-29(30)56-19-9-13-45-15-17-46(18-16-45)36(53)57-37(3,4)5/h7-8,10-11,20-22,40H,6,9,12-19H2,1-5H3,(H2,38,50)(H2,39,51)(H,41,42,43,52)/b8-7+. The maximum absolute atomic E-state index is 13.3. The van der Waals surface area contributed by atoms with Crippen LogP contribution in [0.4, 0.5) is 22.1 Å². The zero-order valence-electron chi connectivity index (χ0n) is 32.6. The Balaban J connectivity index is 1.26. The summed E-state index contributed by atoms with van der Waals surface area (Å²) in [7, 11) is 0. The third kappa shape index (κ3) is 10.6. The highest BCUT2D eigenvalue weighted by atomic mass is 16.6. The first-order valence-electron chi connectivity index (χ1n) is 18.4. The molecule has 4 amide bonds. The van der Waals surface area contributed by atoms with Crippen LogP contribution in [0.3, 0.4) is 0 Å². The number of primary amides is 2. The van der Waals surface area contributed by atoms with Crippen molar-refractivity contribution in [3.8, 4) is 5.75 Å². The quantitative estimate of drug-likeness (QED) is 0.0551. The number of ether oxygens (including phenoxy) is 2. The fourth-order valence-electron chi connectivity index (χ4n) is 6.11. The van der Waals surface area contributed by atoms with Gasteiger partial charge in [0, 0.05) is 64.0 Å². The number of pyridine rings is 1. The van der Waals surface area contributed by atoms with Gasteiger partial charge in [0.15, 0.2) is 11.3 Å². The number of anilines is 2. The summed E-state index contributed by atoms with van der Waals surface area (Å²) in [6.07, 6.45) is 3.68. The molecule has 1 aromatic carbocycles. The molecule has 20 nitrogen and oxygen atoms in total. The number of nitrogens with zero attached hydrogens (tertiary/aromatic N) is 8. The Hall–Kier alpha value is -6.57. The Kier molecular flexibility index (Phi) is 13.1. The van der Waals surface area contributed by atoms with Crippen molar-refractivity contribution in [2.45, 2.75) is 59.7 Å². The predicted molar refractivity (Wildman–Crippen MR) is 210 cm³/mol. The van der Waals surface area contributed by atoms with Gasteiger partial charge in [-0.25, -0.2) is 9.78 Å². The van der Waals surface area contributed by atoms with Crippen molar-refractivity contribution in [2.24, 2.45) is 11.5 Å². The molecule has 4 aromatic rings. The number of hydrogen-bond acceptors (Lipinski definition) is 13. The first-order chi connectivity index (χ1) is 27.0. The molecule has 304 valence electrons. The summed E-state index contributed by atoms with van der Waals surface area (Å²) in [5, 5.41) is 22.3. The molecule has 1 saturated heterocycles. The summed E-state index contributed by atoms with van der Waals surface area (Å²) in [5.74, 6) is -1.79. The highest BCUT2D eigenvalue weighted by Gasteiger charge is 2.27. The van der Waals surface area contributed by atoms with E-state index >= 15 is 0 Å². The van der Waals surface area contributed by atoms with Crippen LogP contribution in [-0.4, -0.2) is 114 Å². The van der Waals surface area contributed by atoms with Crippen molar-refractivity contribution >= 4 is 52.3 Å². The maximum atomic E-state index is 13.3. The molecule has 57 heavy (non-hydrogen) atoms. The van der Waals surface area contributed by atoms with Crippen LogP contribution in [0.1, 0.15) is 71.1 Å². The number of rotatable bonds is 16. The Bertz CT molecular complexity index is 2180. The van der Waals surface area contributed by atoms with Crippen LogP contribution in [0.5, 0.6) is 5.75 Å². The smallest absolute Gasteiger partial charge is 0.410 e. The Morgan fingerprint density at radius 3 is 2.40 bits per heavy atom. The average Bonchev–Trinajstić information content (AvgIpc) is 3.71. The van der Waals surface area contributed by atoms with Gasteiger partial charge in [-0.1, -0.05) is 12.2 Å². The molecule has 0 bridgehead atoms. The Labute approximate surface area is 328 Å². The van der Waals surface area contributed by atoms with E-state index in [4.69, 9.17) is 20.9 Å². The topological polar surface area (TPSA) is 261 Å². The zero-order valence-corrected chi connectivity index (χ0v) is 32.6. The van der Waals surface area contributed by atoms with Gasteiger partial charge in [-0.2, -0.15) is 10.1 Å². The number of nitrogens with two attached hydrogens (primary N) is 2. The fraction of sp³-hybridized carbons (Fsp3) is 0.432. The minimum atomic E-state index is -0.848. The van der Waals surface area contributed by atoms with Gasteiger partial charge in [-0.3, -0.25) is 39.4 Å². The Morgan fingerprint density at radius 2 is 1.75 bits per heavy atom. The van der Waals surface area contributed by atoms with E-state index in [0.717, 1.165) is 6.07 Å². The number of nitro groups is 1. The number of aryl methyl sites for hydroxylation is 2. The maximum Gasteiger partial charge on any atom is 0.410 e. The summed E-state index contributed by atoms with van der Waals surface area (Å²) >= 11 is 0. The molecule has 1 fully saturated rings. The van der Waals surface area contributed by atoms with Crippen LogP contribution >= 0.6 is 0 Å². The zero-order chi connectivity index (χ0) is 41.4. The molecular formula is C37H48N12O8. The number of piperazine rings is 1. The molecule has 3 aromatic heterocycles. The number of aromatic nitrogens is 5. The third-order valence-corrected chi connectivity index (χ3v) is 8.84. The van der Waals surface area contributed by atoms with Crippen LogP contribution in [-0.2, 0) is 17.8 Å². The fourth-order valence-corrected chi connectivity index (χ4v) is 6.11. The van der Waals surface area contributed by atoms with Crippen LogP contribution in [0.15, 0.2) is 42.5 Å². The molecule has 0 unspecified atom stereocenters. The number of nitrogens with one attached hydrogen (secondary N) is 2. The normalized spacial score (nSPS) is 13.5. The van der Waals surface area contributed by atoms with Gasteiger partial charge < -0.3 is 35.7 Å². The summed E-state index contributed by atoms with van der Waals surface area (Å²) < 4.78 is 14.7. The van der Waals surface area contributed by atoms with Gasteiger partial charge in [0.05, 0.1) is 22.7 Å². The van der Waals surface area contributed by atoms with Gasteiger partial charge in [0.1, 0.15) is 22.7 Å². The van der Waals surface area contributed by atoms with E-state index in [1.54, 1.807) is 45.4 Å². The van der Waals surface area contributed by atoms with E-state index in [0.29, 0.717) is 62.6 Å². The van der Waals surface area contributed by atoms with E-state index in [2.05, 4.69) is 30.6 Å². The van der Waals surface area contributed by atoms with E-state index in [1.165, 1.54) is 12.1 Å². The third-order valence-electron chi connectivity index (χ3n) is 8.84. The van der Waals surface area contributed by atoms with Crippen molar-refractivity contribution in [3.63, 3.8) is 0 Å². The first-order valence-corrected chi connectivity index (χ1v) is 18.4. The van der Waals surface area contributed by atoms with Gasteiger partial charge in [0.2, 0.25) is 11.9 Å². The van der Waals surface area contributed by atoms with E-state index in [9.17, 15) is 29.3 Å². The first kappa shape index (κ1) is 41.6. The largest absolute Gasteiger partial charge is 0.491 e. The second-order valence-corrected chi connectivity index (χ2v) is 14.2. The molecule has 0 radical (unpaired) electrons. The highest BCUT2D eigenvalue weighted by molar-refractivity contribution is 6.03. The van der Waals surface area contributed by atoms with Crippen molar-refractivity contribution in [1.82, 2.24) is 34.1 Å². The number of carbonyl (C=O) groups excluding carboxylic acids is 4. The second-order valence-electron chi connectivity index (χ2n) is 14.2. The number of nitro benzene ring substituents is 1. The summed E-state index contributed by atoms with van der Waals surface area (Å²) in [6, 6.07) is 7.20. The molecule has 20 heteroatoms. The van der Waals surface area contributed by atoms with Gasteiger partial charge >= 0.3 is 6.09 Å². The predicted octanol–water partition coefficient (Wildman–Crippen LogP) is 3.30. The number of allylic oxidation sites excluding steroid dienone is 1. The lowest BCUT2D eigenvalue weighted by atomic mass is 10.1. The molecule has 1 aliphatic heterocycles. The molecule has 0 aliphatic carbocycles. The number of hydrogen-bond donors (Lipinski definition) is 4. The monoisotopic (exact) mass is 788 g/mol. The molecule has 5 rings (SSSR count). The van der Waals surface area contributed by atoms with E-state index in [-0.39, 0.29) is 60.1 Å². The minimum Gasteiger partial charge on any atom is -0.491 e. The van der Waals surface area contributed by atoms with E-state index in [1.807, 2.05) is 27.7 Å². The summed E-state index contributed by atoms with van der Waals surface area (Å²) in [4.78, 5) is 73.7. The van der Waals surface area contributed by atoms with Crippen LogP contribution < -0.4 is 26.8 Å². The van der Waals surface area contributed by atoms with Gasteiger partial charge in [-0.05, 0) is 65.3 Å². The molecular weight excluding hydrogens is 740 g/mol. The average molecular weight is 789 g/mol. The summed E-state index contributed by atoms with van der Waals surface area (Å²) in [5.41, 5.74) is 11.6. The number of amides is 4. The lowest BCUT2D eigenvalue weighted by molar-refractivity contribution is -0.384.